The van der Waals surface area contributed by atoms with E-state index in [9.17, 15) is 14.0 Å². The lowest BCUT2D eigenvalue weighted by Gasteiger charge is -2.02. The van der Waals surface area contributed by atoms with Crippen LogP contribution < -0.4 is 5.56 Å². The molecule has 0 unspecified atom stereocenters. The number of rotatable bonds is 2. The molecule has 1 aromatic heterocycles. The van der Waals surface area contributed by atoms with Gasteiger partial charge >= 0.3 is 5.97 Å². The number of esters is 1. The largest absolute Gasteiger partial charge is 0.464 e. The molecule has 2 rings (SSSR count). The molecule has 0 spiro atoms. The van der Waals surface area contributed by atoms with Crippen LogP contribution in [0.4, 0.5) is 4.39 Å². The van der Waals surface area contributed by atoms with E-state index in [1.54, 1.807) is 6.07 Å². The summed E-state index contributed by atoms with van der Waals surface area (Å²) in [6, 6.07) is 6.80. The lowest BCUT2D eigenvalue weighted by molar-refractivity contribution is 0.0593. The van der Waals surface area contributed by atoms with Gasteiger partial charge in [-0.3, -0.25) is 9.89 Å². The lowest BCUT2D eigenvalue weighted by atomic mass is 10.3. The number of hydrogen-bond donors (Lipinski definition) is 1. The molecule has 0 saturated heterocycles. The highest BCUT2D eigenvalue weighted by Gasteiger charge is 2.13. The Hall–Kier alpha value is -2.37. The monoisotopic (exact) mass is 236 g/mol. The van der Waals surface area contributed by atoms with Crippen molar-refractivity contribution in [1.82, 2.24) is 9.78 Å². The van der Waals surface area contributed by atoms with Crippen LogP contribution in [0.3, 0.4) is 0 Å². The van der Waals surface area contributed by atoms with E-state index in [1.165, 1.54) is 25.3 Å². The minimum atomic E-state index is -0.683. The van der Waals surface area contributed by atoms with E-state index in [1.807, 2.05) is 0 Å². The summed E-state index contributed by atoms with van der Waals surface area (Å²) in [6.45, 7) is 0. The number of nitrogens with zero attached hydrogens (tertiary/aromatic N) is 1. The summed E-state index contributed by atoms with van der Waals surface area (Å²) in [4.78, 5) is 22.8. The minimum Gasteiger partial charge on any atom is -0.464 e. The number of para-hydroxylation sites is 1. The number of H-pyrrole nitrogens is 1. The number of aromatic amines is 1. The maximum absolute atomic E-state index is 13.5. The molecule has 6 heteroatoms. The second-order valence-electron chi connectivity index (χ2n) is 3.29. The van der Waals surface area contributed by atoms with Crippen LogP contribution in [-0.2, 0) is 4.74 Å². The van der Waals surface area contributed by atoms with Gasteiger partial charge in [-0.25, -0.2) is 13.9 Å². The fraction of sp³-hybridized carbons (Fsp3) is 0.0909. The van der Waals surface area contributed by atoms with E-state index >= 15 is 0 Å². The first-order chi connectivity index (χ1) is 8.13. The zero-order valence-electron chi connectivity index (χ0n) is 8.94. The Bertz CT molecular complexity index is 615. The number of benzene rings is 1. The van der Waals surface area contributed by atoms with Gasteiger partial charge < -0.3 is 4.74 Å². The van der Waals surface area contributed by atoms with E-state index in [0.717, 1.165) is 10.7 Å². The van der Waals surface area contributed by atoms with Crippen molar-refractivity contribution in [2.45, 2.75) is 0 Å². The van der Waals surface area contributed by atoms with Gasteiger partial charge in [0.05, 0.1) is 7.11 Å². The molecule has 88 valence electrons. The van der Waals surface area contributed by atoms with Crippen LogP contribution in [0, 0.1) is 5.82 Å². The third-order valence-electron chi connectivity index (χ3n) is 2.22. The molecule has 5 nitrogen and oxygen atoms in total. The summed E-state index contributed by atoms with van der Waals surface area (Å²) in [5, 5.41) is 2.48. The number of nitrogens with one attached hydrogen (secondary N) is 1. The maximum atomic E-state index is 13.5. The van der Waals surface area contributed by atoms with Crippen molar-refractivity contribution in [2.24, 2.45) is 0 Å². The molecule has 1 aromatic carbocycles. The number of carbonyl (C=O) groups excluding carboxylic acids is 1. The molecular formula is C11H9FN2O3. The highest BCUT2D eigenvalue weighted by Crippen LogP contribution is 2.09. The van der Waals surface area contributed by atoms with Crippen molar-refractivity contribution in [3.63, 3.8) is 0 Å². The Balaban J connectivity index is 2.54. The zero-order valence-corrected chi connectivity index (χ0v) is 8.94. The molecule has 0 atom stereocenters. The molecule has 0 saturated carbocycles. The van der Waals surface area contributed by atoms with Crippen LogP contribution in [0.2, 0.25) is 0 Å². The van der Waals surface area contributed by atoms with Crippen LogP contribution in [0.5, 0.6) is 0 Å². The first-order valence-electron chi connectivity index (χ1n) is 4.79. The molecular weight excluding hydrogens is 227 g/mol. The van der Waals surface area contributed by atoms with E-state index in [2.05, 4.69) is 9.84 Å². The van der Waals surface area contributed by atoms with Gasteiger partial charge in [-0.15, -0.1) is 0 Å². The molecule has 0 bridgehead atoms. The average molecular weight is 236 g/mol. The molecule has 17 heavy (non-hydrogen) atoms. The topological polar surface area (TPSA) is 64.1 Å². The predicted octanol–water partition coefficient (Wildman–Crippen LogP) is 1.09. The van der Waals surface area contributed by atoms with Gasteiger partial charge in [-0.2, -0.15) is 0 Å². The van der Waals surface area contributed by atoms with Crippen LogP contribution in [0.25, 0.3) is 5.69 Å². The van der Waals surface area contributed by atoms with Crippen LogP contribution in [0.15, 0.2) is 35.1 Å². The number of halogens is 1. The third kappa shape index (κ3) is 1.96. The Labute approximate surface area is 95.4 Å². The zero-order chi connectivity index (χ0) is 12.4. The summed E-state index contributed by atoms with van der Waals surface area (Å²) < 4.78 is 18.9. The average Bonchev–Trinajstić information content (AvgIpc) is 2.71. The summed E-state index contributed by atoms with van der Waals surface area (Å²) in [7, 11) is 1.20. The molecule has 1 heterocycles. The normalized spacial score (nSPS) is 10.2. The van der Waals surface area contributed by atoms with Crippen molar-refractivity contribution < 1.29 is 13.9 Å². The molecule has 0 aliphatic rings. The second-order valence-corrected chi connectivity index (χ2v) is 3.29. The fourth-order valence-electron chi connectivity index (χ4n) is 1.42. The highest BCUT2D eigenvalue weighted by atomic mass is 19.1. The number of aromatic nitrogens is 2. The summed E-state index contributed by atoms with van der Waals surface area (Å²) in [6.07, 6.45) is 0. The van der Waals surface area contributed by atoms with Gasteiger partial charge in [0.2, 0.25) is 0 Å². The summed E-state index contributed by atoms with van der Waals surface area (Å²) in [5.41, 5.74) is -0.510. The van der Waals surface area contributed by atoms with E-state index in [-0.39, 0.29) is 11.4 Å². The highest BCUT2D eigenvalue weighted by molar-refractivity contribution is 5.86. The Kier molecular flexibility index (Phi) is 2.78. The summed E-state index contributed by atoms with van der Waals surface area (Å²) >= 11 is 0. The molecule has 0 aliphatic carbocycles. The van der Waals surface area contributed by atoms with Crippen molar-refractivity contribution in [3.05, 3.63) is 52.2 Å². The van der Waals surface area contributed by atoms with Gasteiger partial charge in [0.25, 0.3) is 5.56 Å². The second kappa shape index (κ2) is 4.25. The van der Waals surface area contributed by atoms with Crippen LogP contribution >= 0.6 is 0 Å². The van der Waals surface area contributed by atoms with E-state index < -0.39 is 17.3 Å². The van der Waals surface area contributed by atoms with Gasteiger partial charge in [0.1, 0.15) is 17.2 Å². The fourth-order valence-corrected chi connectivity index (χ4v) is 1.42. The predicted molar refractivity (Wildman–Crippen MR) is 57.7 cm³/mol. The van der Waals surface area contributed by atoms with E-state index in [4.69, 9.17) is 0 Å². The Morgan fingerprint density at radius 1 is 1.41 bits per heavy atom. The van der Waals surface area contributed by atoms with Crippen molar-refractivity contribution in [3.8, 4) is 5.69 Å². The molecule has 0 amide bonds. The molecule has 0 aliphatic heterocycles. The van der Waals surface area contributed by atoms with Crippen molar-refractivity contribution in [1.29, 1.82) is 0 Å². The van der Waals surface area contributed by atoms with Gasteiger partial charge in [0.15, 0.2) is 0 Å². The molecule has 0 radical (unpaired) electrons. The quantitative estimate of drug-likeness (QED) is 0.794. The van der Waals surface area contributed by atoms with Gasteiger partial charge in [0, 0.05) is 6.07 Å². The first-order valence-corrected chi connectivity index (χ1v) is 4.79. The third-order valence-corrected chi connectivity index (χ3v) is 2.22. The number of methoxy groups -OCH3 is 1. The standard InChI is InChI=1S/C11H9FN2O3/c1-17-11(16)8-6-10(15)14(13-8)9-5-3-2-4-7(9)12/h2-6,13H,1H3. The van der Waals surface area contributed by atoms with Crippen LogP contribution in [-0.4, -0.2) is 22.9 Å². The SMILES string of the molecule is COC(=O)c1cc(=O)n(-c2ccccc2F)[nH]1. The maximum Gasteiger partial charge on any atom is 0.356 e. The number of ether oxygens (including phenoxy) is 1. The smallest absolute Gasteiger partial charge is 0.356 e. The summed E-state index contributed by atoms with van der Waals surface area (Å²) in [5.74, 6) is -1.25. The molecule has 2 aromatic rings. The van der Waals surface area contributed by atoms with E-state index in [0.29, 0.717) is 0 Å². The number of hydrogen-bond acceptors (Lipinski definition) is 3. The Morgan fingerprint density at radius 2 is 2.12 bits per heavy atom. The van der Waals surface area contributed by atoms with Gasteiger partial charge in [-0.1, -0.05) is 12.1 Å². The Morgan fingerprint density at radius 3 is 2.76 bits per heavy atom. The minimum absolute atomic E-state index is 0.0271. The van der Waals surface area contributed by atoms with Gasteiger partial charge in [-0.05, 0) is 12.1 Å². The first kappa shape index (κ1) is 11.1. The van der Waals surface area contributed by atoms with Crippen molar-refractivity contribution in [2.75, 3.05) is 7.11 Å². The van der Waals surface area contributed by atoms with Crippen molar-refractivity contribution >= 4 is 5.97 Å². The number of carbonyl (C=O) groups is 1. The van der Waals surface area contributed by atoms with Crippen LogP contribution in [0.1, 0.15) is 10.5 Å². The lowest BCUT2D eigenvalue weighted by Crippen LogP contribution is -2.14. The molecule has 1 N–H and O–H groups in total. The molecule has 0 fully saturated rings.